The van der Waals surface area contributed by atoms with E-state index >= 15 is 0 Å². The van der Waals surface area contributed by atoms with E-state index in [4.69, 9.17) is 0 Å². The molecule has 0 heterocycles. The Labute approximate surface area is 312 Å². The van der Waals surface area contributed by atoms with Crippen LogP contribution < -0.4 is 0 Å². The fraction of sp³-hybridized carbons (Fsp3) is 0. The molecule has 0 nitrogen and oxygen atoms in total. The van der Waals surface area contributed by atoms with Crippen molar-refractivity contribution in [1.82, 2.24) is 0 Å². The van der Waals surface area contributed by atoms with Gasteiger partial charge in [0.2, 0.25) is 0 Å². The number of benzene rings is 12. The summed E-state index contributed by atoms with van der Waals surface area (Å²) in [4.78, 5) is 0. The van der Waals surface area contributed by atoms with Gasteiger partial charge in [-0.1, -0.05) is 182 Å². The van der Waals surface area contributed by atoms with E-state index in [1.54, 1.807) is 0 Å². The van der Waals surface area contributed by atoms with E-state index in [1.807, 2.05) is 0 Å². The first-order chi connectivity index (χ1) is 26.8. The highest BCUT2D eigenvalue weighted by atomic mass is 14.2. The van der Waals surface area contributed by atoms with E-state index in [-0.39, 0.29) is 0 Å². The van der Waals surface area contributed by atoms with Gasteiger partial charge in [0, 0.05) is 0 Å². The minimum atomic E-state index is 1.21. The normalized spacial score (nSPS) is 12.1. The summed E-state index contributed by atoms with van der Waals surface area (Å²) in [5, 5.41) is 18.2. The number of hydrogen-bond acceptors (Lipinski definition) is 0. The molecule has 0 saturated carbocycles. The van der Waals surface area contributed by atoms with E-state index in [9.17, 15) is 0 Å². The third-order valence-electron chi connectivity index (χ3n) is 11.9. The van der Waals surface area contributed by atoms with Crippen molar-refractivity contribution in [2.24, 2.45) is 0 Å². The van der Waals surface area contributed by atoms with Crippen LogP contribution in [0.5, 0.6) is 0 Å². The summed E-state index contributed by atoms with van der Waals surface area (Å²) in [6.07, 6.45) is 0. The van der Waals surface area contributed by atoms with Gasteiger partial charge in [-0.3, -0.25) is 0 Å². The van der Waals surface area contributed by atoms with E-state index in [0.29, 0.717) is 0 Å². The molecular formula is C54H32. The Balaban J connectivity index is 1.13. The van der Waals surface area contributed by atoms with Crippen LogP contribution in [0.2, 0.25) is 0 Å². The molecule has 12 aromatic rings. The van der Waals surface area contributed by atoms with Crippen molar-refractivity contribution in [3.63, 3.8) is 0 Å². The summed E-state index contributed by atoms with van der Waals surface area (Å²) < 4.78 is 0. The van der Waals surface area contributed by atoms with Crippen molar-refractivity contribution < 1.29 is 0 Å². The van der Waals surface area contributed by atoms with Crippen LogP contribution in [0.4, 0.5) is 0 Å². The fourth-order valence-electron chi connectivity index (χ4n) is 9.55. The largest absolute Gasteiger partial charge is 0.0622 e. The average Bonchev–Trinajstić information content (AvgIpc) is 3.24. The highest BCUT2D eigenvalue weighted by Gasteiger charge is 2.20. The fourth-order valence-corrected chi connectivity index (χ4v) is 9.55. The van der Waals surface area contributed by atoms with Crippen LogP contribution in [0.25, 0.3) is 120 Å². The monoisotopic (exact) mass is 680 g/mol. The molecule has 0 atom stereocenters. The molecule has 0 N–H and O–H groups in total. The van der Waals surface area contributed by atoms with Gasteiger partial charge in [-0.15, -0.1) is 0 Å². The molecule has 0 amide bonds. The van der Waals surface area contributed by atoms with Crippen molar-refractivity contribution in [3.05, 3.63) is 194 Å². The lowest BCUT2D eigenvalue weighted by Crippen LogP contribution is -1.94. The molecule has 12 rings (SSSR count). The van der Waals surface area contributed by atoms with E-state index in [1.165, 1.54) is 120 Å². The number of rotatable bonds is 4. The molecule has 0 aromatic heterocycles. The van der Waals surface area contributed by atoms with Gasteiger partial charge < -0.3 is 0 Å². The van der Waals surface area contributed by atoms with Gasteiger partial charge in [-0.2, -0.15) is 0 Å². The summed E-state index contributed by atoms with van der Waals surface area (Å²) in [5.74, 6) is 0. The third kappa shape index (κ3) is 4.20. The highest BCUT2D eigenvalue weighted by molar-refractivity contribution is 6.27. The molecule has 0 aliphatic rings. The Morgan fingerprint density at radius 2 is 0.667 bits per heavy atom. The molecule has 0 fully saturated rings. The Morgan fingerprint density at radius 3 is 1.31 bits per heavy atom. The Hall–Kier alpha value is -7.02. The van der Waals surface area contributed by atoms with Crippen LogP contribution in [-0.2, 0) is 0 Å². The minimum Gasteiger partial charge on any atom is -0.0622 e. The second-order valence-electron chi connectivity index (χ2n) is 14.8. The molecule has 0 unspecified atom stereocenters. The number of fused-ring (bicyclic) bond motifs is 1. The van der Waals surface area contributed by atoms with Crippen LogP contribution in [0, 0.1) is 0 Å². The van der Waals surface area contributed by atoms with Crippen LogP contribution in [-0.4, -0.2) is 0 Å². The van der Waals surface area contributed by atoms with Gasteiger partial charge in [0.1, 0.15) is 0 Å². The maximum absolute atomic E-state index is 2.46. The Kier molecular flexibility index (Phi) is 6.15. The lowest BCUT2D eigenvalue weighted by atomic mass is 9.83. The summed E-state index contributed by atoms with van der Waals surface area (Å²) >= 11 is 0. The molecule has 0 heteroatoms. The predicted molar refractivity (Wildman–Crippen MR) is 233 cm³/mol. The van der Waals surface area contributed by atoms with Crippen molar-refractivity contribution >= 4 is 75.4 Å². The molecule has 0 saturated heterocycles. The molecule has 248 valence electrons. The SMILES string of the molecule is c1ccc(-c2cc(-c3ccc4ccc5cccc6ccc3c4c56)c3ccccc3c2-c2cccc(-c3ccc4ccc5cccc6ccc3c4c56)c2)cc1. The first-order valence-electron chi connectivity index (χ1n) is 18.8. The third-order valence-corrected chi connectivity index (χ3v) is 11.9. The molecule has 0 spiro atoms. The molecule has 0 aliphatic heterocycles. The standard InChI is InChI=1S/C54H32/c1-2-9-33(10-3-1)48-32-49(44-28-24-39-22-20-35-12-7-14-37-26-30-47(44)54(39)51(35)37)43-17-4-5-18-45(43)52(48)41-16-8-15-40(31-41)42-27-23-38-21-19-34-11-6-13-36-25-29-46(42)53(38)50(34)36/h1-32H. The number of hydrogen-bond donors (Lipinski definition) is 0. The quantitative estimate of drug-likeness (QED) is 0.162. The molecular weight excluding hydrogens is 649 g/mol. The van der Waals surface area contributed by atoms with Crippen LogP contribution in [0.1, 0.15) is 0 Å². The second-order valence-corrected chi connectivity index (χ2v) is 14.8. The van der Waals surface area contributed by atoms with E-state index < -0.39 is 0 Å². The topological polar surface area (TPSA) is 0 Å². The summed E-state index contributed by atoms with van der Waals surface area (Å²) in [5.41, 5.74) is 9.95. The highest BCUT2D eigenvalue weighted by Crippen LogP contribution is 2.47. The predicted octanol–water partition coefficient (Wildman–Crippen LogP) is 15.3. The Bertz CT molecular complexity index is 3390. The van der Waals surface area contributed by atoms with Crippen molar-refractivity contribution in [2.45, 2.75) is 0 Å². The zero-order valence-corrected chi connectivity index (χ0v) is 29.5. The summed E-state index contributed by atoms with van der Waals surface area (Å²) in [6, 6.07) is 72.5. The van der Waals surface area contributed by atoms with Gasteiger partial charge in [-0.25, -0.2) is 0 Å². The zero-order valence-electron chi connectivity index (χ0n) is 29.5. The first kappa shape index (κ1) is 29.5. The smallest absolute Gasteiger partial charge is 0.00206 e. The van der Waals surface area contributed by atoms with Crippen LogP contribution in [0.15, 0.2) is 194 Å². The average molecular weight is 681 g/mol. The first-order valence-corrected chi connectivity index (χ1v) is 18.8. The lowest BCUT2D eigenvalue weighted by molar-refractivity contribution is 1.59. The van der Waals surface area contributed by atoms with Gasteiger partial charge in [0.05, 0.1) is 0 Å². The molecule has 0 aliphatic carbocycles. The van der Waals surface area contributed by atoms with Crippen LogP contribution in [0.3, 0.4) is 0 Å². The van der Waals surface area contributed by atoms with E-state index in [0.717, 1.165) is 0 Å². The minimum absolute atomic E-state index is 1.21. The van der Waals surface area contributed by atoms with Gasteiger partial charge >= 0.3 is 0 Å². The van der Waals surface area contributed by atoms with Gasteiger partial charge in [-0.05, 0) is 132 Å². The maximum atomic E-state index is 2.46. The van der Waals surface area contributed by atoms with E-state index in [2.05, 4.69) is 194 Å². The summed E-state index contributed by atoms with van der Waals surface area (Å²) in [7, 11) is 0. The summed E-state index contributed by atoms with van der Waals surface area (Å²) in [6.45, 7) is 0. The molecule has 12 aromatic carbocycles. The van der Waals surface area contributed by atoms with Gasteiger partial charge in [0.15, 0.2) is 0 Å². The molecule has 0 bridgehead atoms. The lowest BCUT2D eigenvalue weighted by Gasteiger charge is -2.20. The van der Waals surface area contributed by atoms with Crippen molar-refractivity contribution in [2.75, 3.05) is 0 Å². The van der Waals surface area contributed by atoms with Crippen LogP contribution >= 0.6 is 0 Å². The molecule has 54 heavy (non-hydrogen) atoms. The van der Waals surface area contributed by atoms with Crippen molar-refractivity contribution in [1.29, 1.82) is 0 Å². The maximum Gasteiger partial charge on any atom is -0.00206 e. The van der Waals surface area contributed by atoms with Crippen molar-refractivity contribution in [3.8, 4) is 44.5 Å². The second kappa shape index (κ2) is 11.2. The zero-order chi connectivity index (χ0) is 35.3. The van der Waals surface area contributed by atoms with Gasteiger partial charge in [0.25, 0.3) is 0 Å². The Morgan fingerprint density at radius 1 is 0.204 bits per heavy atom. The molecule has 0 radical (unpaired) electrons.